The largest absolute Gasteiger partial charge is 0.376 e. The molecular formula is C16H31N3O2. The molecule has 0 aromatic rings. The molecule has 0 aromatic heterocycles. The van der Waals surface area contributed by atoms with Crippen LogP contribution in [0.3, 0.4) is 0 Å². The number of carbonyl (C=O) groups excluding carboxylic acids is 1. The third kappa shape index (κ3) is 3.96. The number of primary amides is 1. The van der Waals surface area contributed by atoms with Gasteiger partial charge in [0.25, 0.3) is 0 Å². The number of hydrogen-bond donors (Lipinski definition) is 2. The van der Waals surface area contributed by atoms with Gasteiger partial charge in [-0.2, -0.15) is 0 Å². The predicted octanol–water partition coefficient (Wildman–Crippen LogP) is 1.12. The zero-order valence-electron chi connectivity index (χ0n) is 13.7. The highest BCUT2D eigenvalue weighted by Crippen LogP contribution is 2.38. The molecule has 1 amide bonds. The summed E-state index contributed by atoms with van der Waals surface area (Å²) in [5.74, 6) is 0.185. The topological polar surface area (TPSA) is 67.6 Å². The van der Waals surface area contributed by atoms with Crippen molar-refractivity contribution in [2.75, 3.05) is 26.2 Å². The minimum Gasteiger partial charge on any atom is -0.376 e. The minimum absolute atomic E-state index is 0.172. The number of rotatable bonds is 6. The van der Waals surface area contributed by atoms with E-state index in [1.54, 1.807) is 0 Å². The van der Waals surface area contributed by atoms with Gasteiger partial charge in [-0.25, -0.2) is 0 Å². The predicted molar refractivity (Wildman–Crippen MR) is 84.0 cm³/mol. The van der Waals surface area contributed by atoms with Gasteiger partial charge in [-0.1, -0.05) is 6.42 Å². The lowest BCUT2D eigenvalue weighted by atomic mass is 9.83. The van der Waals surface area contributed by atoms with E-state index in [0.29, 0.717) is 12.0 Å². The maximum atomic E-state index is 12.1. The molecule has 1 heterocycles. The summed E-state index contributed by atoms with van der Waals surface area (Å²) in [7, 11) is 0. The number of nitrogens with two attached hydrogens (primary N) is 1. The molecule has 0 radical (unpaired) electrons. The van der Waals surface area contributed by atoms with E-state index in [4.69, 9.17) is 10.5 Å². The first-order valence-corrected chi connectivity index (χ1v) is 8.35. The second-order valence-electron chi connectivity index (χ2n) is 6.99. The van der Waals surface area contributed by atoms with E-state index in [-0.39, 0.29) is 11.9 Å². The van der Waals surface area contributed by atoms with E-state index in [1.807, 2.05) is 0 Å². The van der Waals surface area contributed by atoms with Crippen LogP contribution in [0.2, 0.25) is 0 Å². The molecule has 5 nitrogen and oxygen atoms in total. The first kappa shape index (κ1) is 16.7. The summed E-state index contributed by atoms with van der Waals surface area (Å²) in [6.07, 6.45) is 4.42. The van der Waals surface area contributed by atoms with Gasteiger partial charge < -0.3 is 15.8 Å². The average molecular weight is 297 g/mol. The third-order valence-corrected chi connectivity index (χ3v) is 4.93. The van der Waals surface area contributed by atoms with Crippen molar-refractivity contribution < 1.29 is 9.53 Å². The van der Waals surface area contributed by atoms with Gasteiger partial charge in [0.1, 0.15) is 5.54 Å². The van der Waals surface area contributed by atoms with Crippen molar-refractivity contribution in [1.29, 1.82) is 0 Å². The molecule has 122 valence electrons. The van der Waals surface area contributed by atoms with Crippen LogP contribution in [-0.2, 0) is 9.53 Å². The zero-order chi connectivity index (χ0) is 15.5. The Hall–Kier alpha value is -0.650. The molecule has 0 spiro atoms. The Labute approximate surface area is 128 Å². The van der Waals surface area contributed by atoms with Gasteiger partial charge in [0.15, 0.2) is 0 Å². The number of morpholine rings is 1. The van der Waals surface area contributed by atoms with Crippen molar-refractivity contribution in [3.05, 3.63) is 0 Å². The molecule has 5 heteroatoms. The summed E-state index contributed by atoms with van der Waals surface area (Å²) in [5.41, 5.74) is 5.27. The van der Waals surface area contributed by atoms with Crippen molar-refractivity contribution in [2.24, 2.45) is 11.7 Å². The average Bonchev–Trinajstić information content (AvgIpc) is 2.80. The third-order valence-electron chi connectivity index (χ3n) is 4.93. The molecular weight excluding hydrogens is 266 g/mol. The molecule has 1 saturated carbocycles. The first-order valence-electron chi connectivity index (χ1n) is 8.35. The molecule has 2 aliphatic rings. The van der Waals surface area contributed by atoms with Crippen LogP contribution in [0.15, 0.2) is 0 Å². The Bertz CT molecular complexity index is 361. The summed E-state index contributed by atoms with van der Waals surface area (Å²) >= 11 is 0. The number of amides is 1. The van der Waals surface area contributed by atoms with Crippen molar-refractivity contribution in [3.63, 3.8) is 0 Å². The summed E-state index contributed by atoms with van der Waals surface area (Å²) in [4.78, 5) is 14.6. The summed E-state index contributed by atoms with van der Waals surface area (Å²) < 4.78 is 5.58. The van der Waals surface area contributed by atoms with Gasteiger partial charge in [-0.3, -0.25) is 9.69 Å². The maximum Gasteiger partial charge on any atom is 0.238 e. The lowest BCUT2D eigenvalue weighted by Crippen LogP contribution is -2.60. The van der Waals surface area contributed by atoms with Crippen molar-refractivity contribution in [1.82, 2.24) is 10.2 Å². The summed E-state index contributed by atoms with van der Waals surface area (Å²) in [6.45, 7) is 10.1. The van der Waals surface area contributed by atoms with Crippen molar-refractivity contribution in [2.45, 2.75) is 64.1 Å². The SMILES string of the molecule is CC(C)NC1(C(N)=O)CCCC1CCN1CCOC(C)C1. The van der Waals surface area contributed by atoms with Gasteiger partial charge in [0.05, 0.1) is 12.7 Å². The fraction of sp³-hybridized carbons (Fsp3) is 0.938. The lowest BCUT2D eigenvalue weighted by Gasteiger charge is -2.37. The molecule has 1 aliphatic heterocycles. The molecule has 2 rings (SSSR count). The highest BCUT2D eigenvalue weighted by molar-refractivity contribution is 5.85. The van der Waals surface area contributed by atoms with Crippen LogP contribution in [-0.4, -0.2) is 54.7 Å². The smallest absolute Gasteiger partial charge is 0.238 e. The van der Waals surface area contributed by atoms with Crippen LogP contribution in [0, 0.1) is 5.92 Å². The van der Waals surface area contributed by atoms with Crippen LogP contribution in [0.4, 0.5) is 0 Å². The number of nitrogens with zero attached hydrogens (tertiary/aromatic N) is 1. The number of carbonyl (C=O) groups is 1. The number of hydrogen-bond acceptors (Lipinski definition) is 4. The van der Waals surface area contributed by atoms with Gasteiger partial charge in [-0.05, 0) is 52.5 Å². The van der Waals surface area contributed by atoms with Gasteiger partial charge in [-0.15, -0.1) is 0 Å². The molecule has 3 N–H and O–H groups in total. The fourth-order valence-electron chi connectivity index (χ4n) is 4.00. The standard InChI is InChI=1S/C16H31N3O2/c1-12(2)18-16(15(17)20)7-4-5-14(16)6-8-19-9-10-21-13(3)11-19/h12-14,18H,4-11H2,1-3H3,(H2,17,20). The van der Waals surface area contributed by atoms with E-state index in [1.165, 1.54) is 0 Å². The first-order chi connectivity index (χ1) is 9.94. The van der Waals surface area contributed by atoms with E-state index in [2.05, 4.69) is 31.0 Å². The van der Waals surface area contributed by atoms with Crippen LogP contribution < -0.4 is 11.1 Å². The second kappa shape index (κ2) is 7.07. The second-order valence-corrected chi connectivity index (χ2v) is 6.99. The van der Waals surface area contributed by atoms with Crippen LogP contribution >= 0.6 is 0 Å². The van der Waals surface area contributed by atoms with Gasteiger partial charge in [0.2, 0.25) is 5.91 Å². The lowest BCUT2D eigenvalue weighted by molar-refractivity contribution is -0.126. The zero-order valence-corrected chi connectivity index (χ0v) is 13.7. The highest BCUT2D eigenvalue weighted by atomic mass is 16.5. The Kier molecular flexibility index (Phi) is 5.63. The monoisotopic (exact) mass is 297 g/mol. The molecule has 3 atom stereocenters. The highest BCUT2D eigenvalue weighted by Gasteiger charge is 2.47. The van der Waals surface area contributed by atoms with Crippen molar-refractivity contribution >= 4 is 5.91 Å². The van der Waals surface area contributed by atoms with E-state index in [9.17, 15) is 4.79 Å². The van der Waals surface area contributed by atoms with Gasteiger partial charge >= 0.3 is 0 Å². The van der Waals surface area contributed by atoms with Gasteiger partial charge in [0, 0.05) is 19.1 Å². The summed E-state index contributed by atoms with van der Waals surface area (Å²) in [5, 5.41) is 3.48. The molecule has 0 aromatic carbocycles. The quantitative estimate of drug-likeness (QED) is 0.771. The molecule has 0 bridgehead atoms. The number of nitrogens with one attached hydrogen (secondary N) is 1. The van der Waals surface area contributed by atoms with E-state index >= 15 is 0 Å². The van der Waals surface area contributed by atoms with Crippen LogP contribution in [0.5, 0.6) is 0 Å². The Balaban J connectivity index is 1.95. The molecule has 2 fully saturated rings. The van der Waals surface area contributed by atoms with Crippen LogP contribution in [0.25, 0.3) is 0 Å². The Morgan fingerprint density at radius 2 is 2.29 bits per heavy atom. The van der Waals surface area contributed by atoms with E-state index < -0.39 is 5.54 Å². The number of ether oxygens (including phenoxy) is 1. The normalized spacial score (nSPS) is 34.5. The Morgan fingerprint density at radius 3 is 2.90 bits per heavy atom. The molecule has 21 heavy (non-hydrogen) atoms. The van der Waals surface area contributed by atoms with E-state index in [0.717, 1.165) is 51.9 Å². The fourth-order valence-corrected chi connectivity index (χ4v) is 4.00. The summed E-state index contributed by atoms with van der Waals surface area (Å²) in [6, 6.07) is 0.279. The van der Waals surface area contributed by atoms with Crippen molar-refractivity contribution in [3.8, 4) is 0 Å². The Morgan fingerprint density at radius 1 is 1.52 bits per heavy atom. The minimum atomic E-state index is -0.494. The maximum absolute atomic E-state index is 12.1. The van der Waals surface area contributed by atoms with Crippen LogP contribution in [0.1, 0.15) is 46.5 Å². The molecule has 1 saturated heterocycles. The molecule has 1 aliphatic carbocycles. The molecule has 3 unspecified atom stereocenters.